The van der Waals surface area contributed by atoms with E-state index in [9.17, 15) is 4.39 Å². The molecule has 1 aromatic rings. The highest BCUT2D eigenvalue weighted by atomic mass is 28.2. The van der Waals surface area contributed by atoms with Gasteiger partial charge in [0.25, 0.3) is 0 Å². The van der Waals surface area contributed by atoms with E-state index in [1.807, 2.05) is 6.07 Å². The Kier molecular flexibility index (Phi) is 6.58. The molecular weight excluding hydrogens is 243 g/mol. The summed E-state index contributed by atoms with van der Waals surface area (Å²) in [5.41, 5.74) is 1.17. The minimum absolute atomic E-state index is 0.0643. The quantitative estimate of drug-likeness (QED) is 0.519. The molecule has 0 saturated heterocycles. The first-order chi connectivity index (χ1) is 8.53. The zero-order valence-electron chi connectivity index (χ0n) is 11.8. The summed E-state index contributed by atoms with van der Waals surface area (Å²) in [6.07, 6.45) is 6.94. The van der Waals surface area contributed by atoms with Crippen LogP contribution in [0.3, 0.4) is 0 Å². The molecule has 0 aliphatic heterocycles. The van der Waals surface area contributed by atoms with E-state index in [0.29, 0.717) is 0 Å². The highest BCUT2D eigenvalue weighted by Crippen LogP contribution is 2.18. The molecule has 102 valence electrons. The van der Waals surface area contributed by atoms with Crippen molar-refractivity contribution in [1.82, 2.24) is 0 Å². The molecule has 0 saturated carbocycles. The lowest BCUT2D eigenvalue weighted by Crippen LogP contribution is -2.22. The molecule has 1 rings (SSSR count). The summed E-state index contributed by atoms with van der Waals surface area (Å²) in [5.74, 6) is -0.126. The molecule has 1 aromatic carbocycles. The van der Waals surface area contributed by atoms with Gasteiger partial charge in [0.05, 0.1) is 0 Å². The molecule has 3 heteroatoms. The van der Waals surface area contributed by atoms with Gasteiger partial charge >= 0.3 is 0 Å². The highest BCUT2D eigenvalue weighted by molar-refractivity contribution is 5.98. The van der Waals surface area contributed by atoms with Gasteiger partial charge in [-0.1, -0.05) is 31.4 Å². The lowest BCUT2D eigenvalue weighted by atomic mass is 9.99. The maximum atomic E-state index is 13.0. The third-order valence-electron chi connectivity index (χ3n) is 3.44. The fraction of sp³-hybridized carbons (Fsp3) is 0.600. The van der Waals surface area contributed by atoms with Gasteiger partial charge in [-0.2, -0.15) is 0 Å². The highest BCUT2D eigenvalue weighted by Gasteiger charge is 2.13. The zero-order chi connectivity index (χ0) is 13.4. The molecule has 1 nitrogen and oxygen atoms in total. The number of unbranched alkanes of at least 4 members (excludes halogenated alkanes) is 3. The number of hydrogen-bond acceptors (Lipinski definition) is 1. The standard InChI is InChI=1S/C15H25FOSi/c1-15(2,17-18)11-6-4-3-5-8-13-9-7-10-14(16)12-13/h7,9-10,12H,3-6,8,11H2,1-2,18H3. The monoisotopic (exact) mass is 268 g/mol. The van der Waals surface area contributed by atoms with Crippen molar-refractivity contribution >= 4 is 10.5 Å². The van der Waals surface area contributed by atoms with Crippen molar-refractivity contribution in [2.75, 3.05) is 0 Å². The summed E-state index contributed by atoms with van der Waals surface area (Å²) in [4.78, 5) is 0. The molecule has 0 amide bonds. The summed E-state index contributed by atoms with van der Waals surface area (Å²) in [5, 5.41) is 0. The molecule has 0 heterocycles. The molecule has 0 spiro atoms. The van der Waals surface area contributed by atoms with E-state index in [1.54, 1.807) is 12.1 Å². The molecule has 0 aromatic heterocycles. The van der Waals surface area contributed by atoms with Gasteiger partial charge in [-0.15, -0.1) is 0 Å². The van der Waals surface area contributed by atoms with Crippen molar-refractivity contribution in [3.05, 3.63) is 35.6 Å². The molecule has 18 heavy (non-hydrogen) atoms. The summed E-state index contributed by atoms with van der Waals surface area (Å²) >= 11 is 0. The van der Waals surface area contributed by atoms with Crippen LogP contribution < -0.4 is 0 Å². The van der Waals surface area contributed by atoms with Crippen molar-refractivity contribution < 1.29 is 8.82 Å². The topological polar surface area (TPSA) is 9.23 Å². The number of aryl methyl sites for hydroxylation is 1. The second-order valence-electron chi connectivity index (χ2n) is 5.51. The molecule has 0 fully saturated rings. The smallest absolute Gasteiger partial charge is 0.146 e. The molecule has 0 aliphatic carbocycles. The van der Waals surface area contributed by atoms with Gasteiger partial charge in [-0.25, -0.2) is 4.39 Å². The molecule has 0 N–H and O–H groups in total. The Hall–Kier alpha value is -0.673. The molecule has 0 aliphatic rings. The average molecular weight is 268 g/mol. The largest absolute Gasteiger partial charge is 0.423 e. The maximum Gasteiger partial charge on any atom is 0.146 e. The second-order valence-corrected chi connectivity index (χ2v) is 5.92. The van der Waals surface area contributed by atoms with Crippen molar-refractivity contribution in [3.8, 4) is 0 Å². The fourth-order valence-electron chi connectivity index (χ4n) is 2.03. The third kappa shape index (κ3) is 6.31. The maximum absolute atomic E-state index is 13.0. The van der Waals surface area contributed by atoms with Crippen molar-refractivity contribution in [2.45, 2.75) is 58.0 Å². The van der Waals surface area contributed by atoms with Gasteiger partial charge < -0.3 is 4.43 Å². The molecule has 0 atom stereocenters. The van der Waals surface area contributed by atoms with Crippen LogP contribution in [0.15, 0.2) is 24.3 Å². The fourth-order valence-corrected chi connectivity index (χ4v) is 2.23. The first-order valence-corrected chi connectivity index (χ1v) is 7.65. The second kappa shape index (κ2) is 7.69. The molecular formula is C15H25FOSi. The molecule has 0 unspecified atom stereocenters. The summed E-state index contributed by atoms with van der Waals surface area (Å²) in [6.45, 7) is 4.32. The van der Waals surface area contributed by atoms with Crippen LogP contribution in [0.5, 0.6) is 0 Å². The average Bonchev–Trinajstić information content (AvgIpc) is 2.34. The Morgan fingerprint density at radius 3 is 2.56 bits per heavy atom. The molecule has 0 radical (unpaired) electrons. The van der Waals surface area contributed by atoms with Gasteiger partial charge in [-0.05, 0) is 50.8 Å². The predicted molar refractivity (Wildman–Crippen MR) is 78.3 cm³/mol. The van der Waals surface area contributed by atoms with E-state index < -0.39 is 0 Å². The normalized spacial score (nSPS) is 11.9. The van der Waals surface area contributed by atoms with Gasteiger partial charge in [0, 0.05) is 5.60 Å². The Morgan fingerprint density at radius 1 is 1.17 bits per heavy atom. The third-order valence-corrected chi connectivity index (χ3v) is 4.54. The van der Waals surface area contributed by atoms with Crippen LogP contribution in [0.25, 0.3) is 0 Å². The van der Waals surface area contributed by atoms with Crippen LogP contribution in [-0.2, 0) is 10.8 Å². The predicted octanol–water partition coefficient (Wildman–Crippen LogP) is 3.39. The summed E-state index contributed by atoms with van der Waals surface area (Å²) < 4.78 is 18.5. The Balaban J connectivity index is 2.09. The van der Waals surface area contributed by atoms with Crippen molar-refractivity contribution in [2.24, 2.45) is 0 Å². The number of benzene rings is 1. The number of halogens is 1. The van der Waals surface area contributed by atoms with E-state index in [4.69, 9.17) is 4.43 Å². The molecule has 0 bridgehead atoms. The SMILES string of the molecule is CC(C)(CCCCCCc1cccc(F)c1)O[SiH3]. The Bertz CT molecular complexity index is 352. The van der Waals surface area contributed by atoms with E-state index in [0.717, 1.165) is 35.3 Å². The van der Waals surface area contributed by atoms with Crippen LogP contribution in [0, 0.1) is 5.82 Å². The van der Waals surface area contributed by atoms with Crippen LogP contribution in [-0.4, -0.2) is 16.1 Å². The van der Waals surface area contributed by atoms with Crippen LogP contribution in [0.4, 0.5) is 4.39 Å². The van der Waals surface area contributed by atoms with Crippen molar-refractivity contribution in [3.63, 3.8) is 0 Å². The lowest BCUT2D eigenvalue weighted by molar-refractivity contribution is 0.109. The van der Waals surface area contributed by atoms with Crippen LogP contribution in [0.2, 0.25) is 0 Å². The lowest BCUT2D eigenvalue weighted by Gasteiger charge is -2.23. The van der Waals surface area contributed by atoms with E-state index >= 15 is 0 Å². The number of hydrogen-bond donors (Lipinski definition) is 0. The van der Waals surface area contributed by atoms with E-state index in [-0.39, 0.29) is 11.4 Å². The summed E-state index contributed by atoms with van der Waals surface area (Å²) in [7, 11) is 0.814. The van der Waals surface area contributed by atoms with Crippen LogP contribution >= 0.6 is 0 Å². The number of rotatable bonds is 8. The Morgan fingerprint density at radius 2 is 1.89 bits per heavy atom. The van der Waals surface area contributed by atoms with Gasteiger partial charge in [0.2, 0.25) is 0 Å². The minimum atomic E-state index is -0.126. The zero-order valence-corrected chi connectivity index (χ0v) is 13.8. The summed E-state index contributed by atoms with van der Waals surface area (Å²) in [6, 6.07) is 6.93. The van der Waals surface area contributed by atoms with Gasteiger partial charge in [-0.3, -0.25) is 0 Å². The van der Waals surface area contributed by atoms with Gasteiger partial charge in [0.15, 0.2) is 0 Å². The minimum Gasteiger partial charge on any atom is -0.423 e. The van der Waals surface area contributed by atoms with Gasteiger partial charge in [0.1, 0.15) is 16.3 Å². The van der Waals surface area contributed by atoms with Crippen LogP contribution in [0.1, 0.15) is 51.5 Å². The first-order valence-electron chi connectivity index (χ1n) is 6.83. The van der Waals surface area contributed by atoms with E-state index in [1.165, 1.54) is 25.3 Å². The Labute approximate surface area is 113 Å². The first kappa shape index (κ1) is 15.4. The van der Waals surface area contributed by atoms with E-state index in [2.05, 4.69) is 13.8 Å². The van der Waals surface area contributed by atoms with Crippen molar-refractivity contribution in [1.29, 1.82) is 0 Å².